The number of carbonyl (C=O) groups excluding carboxylic acids is 2. The average Bonchev–Trinajstić information content (AvgIpc) is 3.18. The van der Waals surface area contributed by atoms with E-state index in [1.165, 1.54) is 12.4 Å². The van der Waals surface area contributed by atoms with E-state index in [1.54, 1.807) is 25.0 Å². The summed E-state index contributed by atoms with van der Waals surface area (Å²) in [6, 6.07) is 10.8. The van der Waals surface area contributed by atoms with Crippen LogP contribution in [0.5, 0.6) is 5.75 Å². The van der Waals surface area contributed by atoms with Crippen LogP contribution in [-0.4, -0.2) is 66.1 Å². The predicted octanol–water partition coefficient (Wildman–Crippen LogP) is 4.76. The minimum Gasteiger partial charge on any atom is -0.497 e. The van der Waals surface area contributed by atoms with Gasteiger partial charge in [-0.15, -0.1) is 0 Å². The van der Waals surface area contributed by atoms with Crippen molar-refractivity contribution < 1.29 is 18.7 Å². The average molecular weight is 545 g/mol. The highest BCUT2D eigenvalue weighted by atomic mass is 19.1. The largest absolute Gasteiger partial charge is 0.497 e. The van der Waals surface area contributed by atoms with Gasteiger partial charge in [0.05, 0.1) is 12.8 Å². The van der Waals surface area contributed by atoms with Crippen molar-refractivity contribution in [2.24, 2.45) is 0 Å². The quantitative estimate of drug-likeness (QED) is 0.510. The van der Waals surface area contributed by atoms with Crippen molar-refractivity contribution in [2.45, 2.75) is 45.1 Å². The molecule has 0 saturated carbocycles. The number of hydrogen-bond donors (Lipinski definition) is 1. The molecule has 3 aromatic rings. The second kappa shape index (κ2) is 10.4. The Balaban J connectivity index is 1.12. The van der Waals surface area contributed by atoms with E-state index >= 15 is 0 Å². The highest BCUT2D eigenvalue weighted by Gasteiger charge is 2.34. The van der Waals surface area contributed by atoms with Crippen molar-refractivity contribution in [1.29, 1.82) is 0 Å². The molecule has 0 spiro atoms. The minimum atomic E-state index is -0.321. The Kier molecular flexibility index (Phi) is 6.77. The number of ether oxygens (including phenoxy) is 1. The van der Waals surface area contributed by atoms with Gasteiger partial charge in [-0.25, -0.2) is 19.2 Å². The lowest BCUT2D eigenvalue weighted by Crippen LogP contribution is -2.49. The molecule has 10 heteroatoms. The van der Waals surface area contributed by atoms with Crippen molar-refractivity contribution in [3.8, 4) is 5.75 Å². The Morgan fingerprint density at radius 1 is 1.10 bits per heavy atom. The van der Waals surface area contributed by atoms with Gasteiger partial charge in [-0.1, -0.05) is 13.0 Å². The van der Waals surface area contributed by atoms with Crippen LogP contribution in [0.25, 0.3) is 0 Å². The van der Waals surface area contributed by atoms with Crippen molar-refractivity contribution in [3.05, 3.63) is 70.9 Å². The lowest BCUT2D eigenvalue weighted by Gasteiger charge is -2.38. The number of fused-ring (bicyclic) bond motifs is 2. The zero-order chi connectivity index (χ0) is 28.0. The zero-order valence-corrected chi connectivity index (χ0v) is 23.0. The summed E-state index contributed by atoms with van der Waals surface area (Å²) in [5.74, 6) is 0.996. The number of nitrogens with zero attached hydrogens (tertiary/aromatic N) is 5. The molecule has 3 aliphatic heterocycles. The van der Waals surface area contributed by atoms with Gasteiger partial charge in [0.1, 0.15) is 29.4 Å². The summed E-state index contributed by atoms with van der Waals surface area (Å²) in [5, 5.41) is 3.06. The highest BCUT2D eigenvalue weighted by Crippen LogP contribution is 2.38. The molecule has 4 heterocycles. The van der Waals surface area contributed by atoms with Crippen LogP contribution in [-0.2, 0) is 6.42 Å². The second-order valence-electron chi connectivity index (χ2n) is 10.9. The first-order valence-corrected chi connectivity index (χ1v) is 13.8. The fraction of sp³-hybridized carbons (Fsp3) is 0.400. The van der Waals surface area contributed by atoms with E-state index in [-0.39, 0.29) is 35.4 Å². The molecule has 2 aromatic carbocycles. The molecule has 1 aromatic heterocycles. The van der Waals surface area contributed by atoms with Gasteiger partial charge in [0.15, 0.2) is 0 Å². The summed E-state index contributed by atoms with van der Waals surface area (Å²) in [7, 11) is 1.64. The summed E-state index contributed by atoms with van der Waals surface area (Å²) in [4.78, 5) is 40.9. The maximum absolute atomic E-state index is 14.4. The van der Waals surface area contributed by atoms with Crippen LogP contribution in [0.2, 0.25) is 0 Å². The van der Waals surface area contributed by atoms with E-state index in [1.807, 2.05) is 36.1 Å². The van der Waals surface area contributed by atoms with Crippen LogP contribution < -0.4 is 19.9 Å². The standard InChI is InChI=1S/C30H33FN6O3/c1-18-12-23-19(2)16-37(27(23)14-24(18)31)29(38)26-15-28(33-17-32-26)35-9-7-21(8-10-35)36-11-6-20-13-22(40-3)4-5-25(20)34-30(36)39/h4-5,12-15,17,19,21H,6-11,16H2,1-3H3,(H,34,39). The minimum absolute atomic E-state index is 0.0796. The molecular formula is C30H33FN6O3. The van der Waals surface area contributed by atoms with Gasteiger partial charge in [0.2, 0.25) is 0 Å². The van der Waals surface area contributed by atoms with Gasteiger partial charge in [-0.05, 0) is 67.1 Å². The molecule has 6 rings (SSSR count). The Hall–Kier alpha value is -4.21. The monoisotopic (exact) mass is 544 g/mol. The molecule has 1 atom stereocenters. The molecule has 0 radical (unpaired) electrons. The molecule has 0 bridgehead atoms. The third-order valence-electron chi connectivity index (χ3n) is 8.37. The van der Waals surface area contributed by atoms with Gasteiger partial charge < -0.3 is 24.8 Å². The molecule has 3 aliphatic rings. The first-order valence-electron chi connectivity index (χ1n) is 13.8. The van der Waals surface area contributed by atoms with E-state index in [4.69, 9.17) is 4.74 Å². The Morgan fingerprint density at radius 3 is 2.67 bits per heavy atom. The fourth-order valence-corrected chi connectivity index (χ4v) is 6.07. The number of benzene rings is 2. The van der Waals surface area contributed by atoms with Crippen molar-refractivity contribution >= 4 is 29.1 Å². The molecule has 40 heavy (non-hydrogen) atoms. The maximum Gasteiger partial charge on any atom is 0.322 e. The van der Waals surface area contributed by atoms with E-state index in [2.05, 4.69) is 20.2 Å². The number of amides is 3. The number of hydrogen-bond acceptors (Lipinski definition) is 6. The summed E-state index contributed by atoms with van der Waals surface area (Å²) < 4.78 is 19.7. The smallest absolute Gasteiger partial charge is 0.322 e. The fourth-order valence-electron chi connectivity index (χ4n) is 6.07. The molecule has 0 aliphatic carbocycles. The van der Waals surface area contributed by atoms with Crippen molar-refractivity contribution in [1.82, 2.24) is 14.9 Å². The number of halogens is 1. The molecule has 1 saturated heterocycles. The van der Waals surface area contributed by atoms with Gasteiger partial charge in [-0.2, -0.15) is 0 Å². The van der Waals surface area contributed by atoms with Crippen LogP contribution in [0.15, 0.2) is 42.7 Å². The number of nitrogens with one attached hydrogen (secondary N) is 1. The Labute approximate surface area is 233 Å². The predicted molar refractivity (Wildman–Crippen MR) is 151 cm³/mol. The molecular weight excluding hydrogens is 511 g/mol. The summed E-state index contributed by atoms with van der Waals surface area (Å²) in [6.45, 7) is 6.30. The third-order valence-corrected chi connectivity index (χ3v) is 8.37. The normalized spacial score (nSPS) is 19.1. The number of carbonyl (C=O) groups is 2. The van der Waals surface area contributed by atoms with E-state index in [9.17, 15) is 14.0 Å². The third kappa shape index (κ3) is 4.71. The molecule has 1 unspecified atom stereocenters. The number of aromatic nitrogens is 2. The number of urea groups is 1. The van der Waals surface area contributed by atoms with Crippen molar-refractivity contribution in [2.75, 3.05) is 48.4 Å². The summed E-state index contributed by atoms with van der Waals surface area (Å²) in [5.41, 5.74) is 4.35. The number of methoxy groups -OCH3 is 1. The van der Waals surface area contributed by atoms with E-state index in [0.717, 1.165) is 41.8 Å². The first kappa shape index (κ1) is 26.0. The molecule has 1 N–H and O–H groups in total. The van der Waals surface area contributed by atoms with Gasteiger partial charge >= 0.3 is 6.03 Å². The number of aryl methyl sites for hydroxylation is 1. The number of rotatable bonds is 4. The van der Waals surface area contributed by atoms with Crippen LogP contribution >= 0.6 is 0 Å². The molecule has 208 valence electrons. The lowest BCUT2D eigenvalue weighted by molar-refractivity contribution is 0.0983. The van der Waals surface area contributed by atoms with E-state index in [0.29, 0.717) is 43.2 Å². The zero-order valence-electron chi connectivity index (χ0n) is 23.0. The van der Waals surface area contributed by atoms with Gasteiger partial charge in [0.25, 0.3) is 5.91 Å². The Morgan fingerprint density at radius 2 is 1.90 bits per heavy atom. The SMILES string of the molecule is COc1ccc2c(c1)CCN(C1CCN(c3cc(C(=O)N4CC(C)c5cc(C)c(F)cc54)ncn3)CC1)C(=O)N2. The maximum atomic E-state index is 14.4. The van der Waals surface area contributed by atoms with E-state index < -0.39 is 0 Å². The van der Waals surface area contributed by atoms with Crippen LogP contribution in [0, 0.1) is 12.7 Å². The second-order valence-corrected chi connectivity index (χ2v) is 10.9. The highest BCUT2D eigenvalue weighted by molar-refractivity contribution is 6.06. The van der Waals surface area contributed by atoms with Gasteiger partial charge in [0, 0.05) is 49.9 Å². The van der Waals surface area contributed by atoms with Crippen LogP contribution in [0.4, 0.5) is 26.4 Å². The molecule has 1 fully saturated rings. The topological polar surface area (TPSA) is 90.9 Å². The number of anilines is 3. The summed E-state index contributed by atoms with van der Waals surface area (Å²) >= 11 is 0. The van der Waals surface area contributed by atoms with Gasteiger partial charge in [-0.3, -0.25) is 4.79 Å². The van der Waals surface area contributed by atoms with Crippen LogP contribution in [0.3, 0.4) is 0 Å². The number of piperidine rings is 1. The lowest BCUT2D eigenvalue weighted by atomic mass is 10.0. The summed E-state index contributed by atoms with van der Waals surface area (Å²) in [6.07, 6.45) is 3.75. The van der Waals surface area contributed by atoms with Crippen LogP contribution in [0.1, 0.15) is 52.9 Å². The first-order chi connectivity index (χ1) is 19.3. The van der Waals surface area contributed by atoms with Crippen molar-refractivity contribution in [3.63, 3.8) is 0 Å². The molecule has 9 nitrogen and oxygen atoms in total. The Bertz CT molecular complexity index is 1470. The molecule has 3 amide bonds.